The summed E-state index contributed by atoms with van der Waals surface area (Å²) in [4.78, 5) is 40.4. The SMILES string of the molecule is COc1ccc2c3c1O[C@@H]1C(OC(=O)[C@H](C)OC(=O)[C@H](C)NC(=O)[C@@H]4CCCN4)=CC[C@]4(O)[C@H](C2)N(C)CC[C@@]314. The van der Waals surface area contributed by atoms with Gasteiger partial charge in [0, 0.05) is 18.0 Å². The molecule has 1 aromatic rings. The fourth-order valence-electron chi connectivity index (χ4n) is 7.39. The molecule has 0 saturated carbocycles. The number of likely N-dealkylation sites (tertiary alicyclic amines) is 1. The topological polar surface area (TPSA) is 136 Å². The van der Waals surface area contributed by atoms with E-state index in [0.29, 0.717) is 36.5 Å². The van der Waals surface area contributed by atoms with Crippen molar-refractivity contribution in [3.8, 4) is 11.5 Å². The van der Waals surface area contributed by atoms with Crippen molar-refractivity contribution in [1.29, 1.82) is 0 Å². The smallest absolute Gasteiger partial charge is 0.352 e. The molecule has 11 heteroatoms. The number of carbonyl (C=O) groups is 3. The molecule has 6 rings (SSSR count). The van der Waals surface area contributed by atoms with Crippen LogP contribution in [0.25, 0.3) is 0 Å². The Morgan fingerprint density at radius 2 is 2.05 bits per heavy atom. The Kier molecular flexibility index (Phi) is 6.59. The summed E-state index contributed by atoms with van der Waals surface area (Å²) >= 11 is 0. The van der Waals surface area contributed by atoms with Gasteiger partial charge in [-0.1, -0.05) is 6.07 Å². The quantitative estimate of drug-likeness (QED) is 0.413. The van der Waals surface area contributed by atoms with E-state index < -0.39 is 41.2 Å². The lowest BCUT2D eigenvalue weighted by Gasteiger charge is -2.61. The second-order valence-electron chi connectivity index (χ2n) is 11.7. The second-order valence-corrected chi connectivity index (χ2v) is 11.7. The van der Waals surface area contributed by atoms with E-state index in [1.165, 1.54) is 13.8 Å². The summed E-state index contributed by atoms with van der Waals surface area (Å²) in [7, 11) is 3.60. The number of piperidine rings is 1. The fraction of sp³-hybridized carbons (Fsp3) is 0.621. The molecule has 2 fully saturated rings. The van der Waals surface area contributed by atoms with Gasteiger partial charge in [0.1, 0.15) is 11.8 Å². The second kappa shape index (κ2) is 9.74. The first kappa shape index (κ1) is 27.0. The zero-order valence-electron chi connectivity index (χ0n) is 23.3. The Morgan fingerprint density at radius 1 is 1.25 bits per heavy atom. The molecule has 5 aliphatic rings. The van der Waals surface area contributed by atoms with Gasteiger partial charge < -0.3 is 39.6 Å². The number of nitrogens with zero attached hydrogens (tertiary/aromatic N) is 1. The lowest BCUT2D eigenvalue weighted by molar-refractivity contribution is -0.176. The number of carbonyl (C=O) groups excluding carboxylic acids is 3. The van der Waals surface area contributed by atoms with Crippen LogP contribution in [0.4, 0.5) is 0 Å². The van der Waals surface area contributed by atoms with Gasteiger partial charge in [-0.2, -0.15) is 0 Å². The van der Waals surface area contributed by atoms with E-state index in [-0.39, 0.29) is 24.4 Å². The third-order valence-electron chi connectivity index (χ3n) is 9.49. The molecule has 0 radical (unpaired) electrons. The Bertz CT molecular complexity index is 1280. The average Bonchev–Trinajstić information content (AvgIpc) is 3.59. The number of hydrogen-bond acceptors (Lipinski definition) is 10. The summed E-state index contributed by atoms with van der Waals surface area (Å²) in [5.41, 5.74) is 0.105. The molecule has 0 aromatic heterocycles. The van der Waals surface area contributed by atoms with E-state index in [2.05, 4.69) is 15.5 Å². The molecule has 1 amide bonds. The molecule has 1 aromatic carbocycles. The molecule has 40 heavy (non-hydrogen) atoms. The molecular weight excluding hydrogens is 518 g/mol. The molecule has 3 N–H and O–H groups in total. The van der Waals surface area contributed by atoms with Gasteiger partial charge in [0.25, 0.3) is 0 Å². The van der Waals surface area contributed by atoms with Crippen molar-refractivity contribution in [1.82, 2.24) is 15.5 Å². The van der Waals surface area contributed by atoms with E-state index in [1.807, 2.05) is 19.2 Å². The van der Waals surface area contributed by atoms with Crippen LogP contribution in [0.3, 0.4) is 0 Å². The van der Waals surface area contributed by atoms with Crippen molar-refractivity contribution in [3.63, 3.8) is 0 Å². The fourth-order valence-corrected chi connectivity index (χ4v) is 7.39. The van der Waals surface area contributed by atoms with Crippen molar-refractivity contribution in [2.24, 2.45) is 0 Å². The number of hydrogen-bond donors (Lipinski definition) is 3. The van der Waals surface area contributed by atoms with E-state index in [9.17, 15) is 19.5 Å². The van der Waals surface area contributed by atoms with Gasteiger partial charge in [-0.05, 0) is 77.4 Å². The summed E-state index contributed by atoms with van der Waals surface area (Å²) in [6, 6.07) is 2.53. The first-order valence-electron chi connectivity index (χ1n) is 14.1. The van der Waals surface area contributed by atoms with Gasteiger partial charge in [-0.15, -0.1) is 0 Å². The summed E-state index contributed by atoms with van der Waals surface area (Å²) in [5, 5.41) is 18.0. The van der Waals surface area contributed by atoms with E-state index in [0.717, 1.165) is 30.6 Å². The number of likely N-dealkylation sites (N-methyl/N-ethyl adjacent to an activating group) is 1. The number of nitrogens with one attached hydrogen (secondary N) is 2. The number of benzene rings is 1. The molecule has 3 heterocycles. The molecule has 2 bridgehead atoms. The van der Waals surface area contributed by atoms with Gasteiger partial charge >= 0.3 is 11.9 Å². The molecule has 7 atom stereocenters. The van der Waals surface area contributed by atoms with Crippen LogP contribution in [-0.4, -0.2) is 91.0 Å². The molecule has 2 aliphatic carbocycles. The Balaban J connectivity index is 1.20. The summed E-state index contributed by atoms with van der Waals surface area (Å²) in [5.74, 6) is -0.320. The van der Waals surface area contributed by atoms with Crippen molar-refractivity contribution >= 4 is 17.8 Å². The number of ether oxygens (including phenoxy) is 4. The highest BCUT2D eigenvalue weighted by atomic mass is 16.6. The predicted molar refractivity (Wildman–Crippen MR) is 142 cm³/mol. The number of esters is 2. The lowest BCUT2D eigenvalue weighted by atomic mass is 9.50. The van der Waals surface area contributed by atoms with Crippen LogP contribution in [0.2, 0.25) is 0 Å². The van der Waals surface area contributed by atoms with Crippen molar-refractivity contribution in [3.05, 3.63) is 35.1 Å². The van der Waals surface area contributed by atoms with Crippen LogP contribution in [0, 0.1) is 0 Å². The van der Waals surface area contributed by atoms with Crippen LogP contribution in [-0.2, 0) is 35.7 Å². The Hall–Kier alpha value is -3.15. The Labute approximate surface area is 233 Å². The zero-order valence-corrected chi connectivity index (χ0v) is 23.3. The standard InChI is InChI=1S/C29H37N3O8/c1-15(31-25(33)18-6-5-12-30-18)26(34)38-16(2)27(35)39-20-9-10-29(36)21-14-17-7-8-19(37-4)23-22(17)28(29,24(20)40-23)11-13-32(21)3/h7-9,15-16,18,21,24,30,36H,5-6,10-14H2,1-4H3,(H,31,33)/t15-,16-,18-,21-,24+,28+,29-/m0/s1. The van der Waals surface area contributed by atoms with Crippen molar-refractivity contribution in [2.75, 3.05) is 27.2 Å². The van der Waals surface area contributed by atoms with Gasteiger partial charge in [-0.3, -0.25) is 4.79 Å². The monoisotopic (exact) mass is 555 g/mol. The lowest BCUT2D eigenvalue weighted by Crippen LogP contribution is -2.74. The molecule has 0 unspecified atom stereocenters. The van der Waals surface area contributed by atoms with E-state index in [4.69, 9.17) is 18.9 Å². The zero-order chi connectivity index (χ0) is 28.4. The molecule has 3 aliphatic heterocycles. The number of amides is 1. The van der Waals surface area contributed by atoms with Gasteiger partial charge in [-0.25, -0.2) is 9.59 Å². The maximum absolute atomic E-state index is 13.2. The van der Waals surface area contributed by atoms with Crippen LogP contribution in [0.1, 0.15) is 50.7 Å². The molecular formula is C29H37N3O8. The largest absolute Gasteiger partial charge is 0.493 e. The van der Waals surface area contributed by atoms with Crippen LogP contribution in [0.15, 0.2) is 24.0 Å². The first-order chi connectivity index (χ1) is 19.1. The third-order valence-corrected chi connectivity index (χ3v) is 9.49. The highest BCUT2D eigenvalue weighted by Gasteiger charge is 2.72. The average molecular weight is 556 g/mol. The minimum absolute atomic E-state index is 0.122. The van der Waals surface area contributed by atoms with E-state index in [1.54, 1.807) is 13.2 Å². The molecule has 1 spiro atoms. The predicted octanol–water partition coefficient (Wildman–Crippen LogP) is 0.705. The minimum Gasteiger partial charge on any atom is -0.493 e. The van der Waals surface area contributed by atoms with Crippen LogP contribution in [0.5, 0.6) is 11.5 Å². The molecule has 11 nitrogen and oxygen atoms in total. The third kappa shape index (κ3) is 3.85. The maximum Gasteiger partial charge on any atom is 0.352 e. The summed E-state index contributed by atoms with van der Waals surface area (Å²) in [6.45, 7) is 4.46. The maximum atomic E-state index is 13.2. The van der Waals surface area contributed by atoms with Crippen molar-refractivity contribution in [2.45, 2.75) is 87.3 Å². The number of methoxy groups -OCH3 is 1. The summed E-state index contributed by atoms with van der Waals surface area (Å²) < 4.78 is 23.3. The van der Waals surface area contributed by atoms with Crippen molar-refractivity contribution < 1.29 is 38.4 Å². The van der Waals surface area contributed by atoms with Crippen LogP contribution < -0.4 is 20.1 Å². The highest BCUT2D eigenvalue weighted by molar-refractivity contribution is 5.88. The van der Waals surface area contributed by atoms with Crippen LogP contribution >= 0.6 is 0 Å². The van der Waals surface area contributed by atoms with Gasteiger partial charge in [0.05, 0.1) is 24.2 Å². The minimum atomic E-state index is -1.22. The van der Waals surface area contributed by atoms with Gasteiger partial charge in [0.15, 0.2) is 23.7 Å². The summed E-state index contributed by atoms with van der Waals surface area (Å²) in [6.07, 6.45) is 2.95. The molecule has 216 valence electrons. The molecule has 2 saturated heterocycles. The van der Waals surface area contributed by atoms with E-state index >= 15 is 0 Å². The Morgan fingerprint density at radius 3 is 2.77 bits per heavy atom. The number of aliphatic hydroxyl groups is 1. The normalized spacial score (nSPS) is 33.1. The first-order valence-corrected chi connectivity index (χ1v) is 14.1. The highest BCUT2D eigenvalue weighted by Crippen LogP contribution is 2.65. The number of rotatable bonds is 7. The van der Waals surface area contributed by atoms with Gasteiger partial charge in [0.2, 0.25) is 5.91 Å².